The summed E-state index contributed by atoms with van der Waals surface area (Å²) in [5.74, 6) is 0.565. The second kappa shape index (κ2) is 7.74. The molecule has 2 aromatic heterocycles. The molecule has 0 saturated carbocycles. The van der Waals surface area contributed by atoms with Crippen molar-refractivity contribution in [2.75, 3.05) is 0 Å². The summed E-state index contributed by atoms with van der Waals surface area (Å²) >= 11 is 0. The van der Waals surface area contributed by atoms with E-state index in [1.165, 1.54) is 0 Å². The Balaban J connectivity index is 1.53. The first kappa shape index (κ1) is 14.5. The number of nitrogens with zero attached hydrogens (tertiary/aromatic N) is 3. The van der Waals surface area contributed by atoms with Gasteiger partial charge in [0.1, 0.15) is 5.82 Å². The highest BCUT2D eigenvalue weighted by Gasteiger charge is 2.18. The molecule has 0 N–H and O–H groups in total. The fourth-order valence-electron chi connectivity index (χ4n) is 5.12. The number of hydrogen-bond acceptors (Lipinski definition) is 2. The maximum Gasteiger partial charge on any atom is 0.162 e. The van der Waals surface area contributed by atoms with Crippen molar-refractivity contribution in [1.29, 1.82) is 0 Å². The molecule has 0 spiro atoms. The lowest BCUT2D eigenvalue weighted by molar-refractivity contribution is 1.08. The van der Waals surface area contributed by atoms with Gasteiger partial charge < -0.3 is 0 Å². The summed E-state index contributed by atoms with van der Waals surface area (Å²) in [5.41, 5.74) is 2.34. The molecule has 172 valence electrons. The van der Waals surface area contributed by atoms with Crippen LogP contribution in [0.2, 0.25) is 0 Å². The van der Waals surface area contributed by atoms with Crippen LogP contribution in [0.4, 0.5) is 0 Å². The van der Waals surface area contributed by atoms with E-state index in [1.807, 2.05) is 54.6 Å². The molecule has 37 heavy (non-hydrogen) atoms. The first-order valence-electron chi connectivity index (χ1n) is 15.5. The molecule has 3 heteroatoms. The maximum absolute atomic E-state index is 9.09. The number of benzene rings is 6. The van der Waals surface area contributed by atoms with E-state index in [9.17, 15) is 0 Å². The molecule has 0 atom stereocenters. The number of fused-ring (bicyclic) bond motifs is 6. The van der Waals surface area contributed by atoms with E-state index in [-0.39, 0.29) is 34.2 Å². The van der Waals surface area contributed by atoms with Gasteiger partial charge in [-0.15, -0.1) is 0 Å². The van der Waals surface area contributed by atoms with E-state index >= 15 is 0 Å². The van der Waals surface area contributed by atoms with Gasteiger partial charge in [0, 0.05) is 21.7 Å². The van der Waals surface area contributed by atoms with Gasteiger partial charge in [-0.05, 0) is 57.9 Å². The third-order valence-corrected chi connectivity index (χ3v) is 6.81. The van der Waals surface area contributed by atoms with E-state index in [0.29, 0.717) is 11.3 Å². The smallest absolute Gasteiger partial charge is 0.162 e. The van der Waals surface area contributed by atoms with Crippen molar-refractivity contribution in [3.05, 3.63) is 127 Å². The van der Waals surface area contributed by atoms with E-state index in [2.05, 4.69) is 34.9 Å². The first-order chi connectivity index (χ1) is 21.3. The largest absolute Gasteiger partial charge is 0.293 e. The quantitative estimate of drug-likeness (QED) is 0.249. The molecular weight excluding hydrogens is 450 g/mol. The summed E-state index contributed by atoms with van der Waals surface area (Å²) in [4.78, 5) is 9.74. The van der Waals surface area contributed by atoms with Crippen LogP contribution in [0.15, 0.2) is 127 Å². The Kier molecular flexibility index (Phi) is 3.04. The lowest BCUT2D eigenvalue weighted by Crippen LogP contribution is -2.02. The predicted molar refractivity (Wildman–Crippen MR) is 154 cm³/mol. The third kappa shape index (κ3) is 3.08. The van der Waals surface area contributed by atoms with Gasteiger partial charge in [0.25, 0.3) is 0 Å². The van der Waals surface area contributed by atoms with Gasteiger partial charge in [-0.1, -0.05) is 90.9 Å². The molecule has 0 aliphatic rings. The van der Waals surface area contributed by atoms with Crippen molar-refractivity contribution in [3.63, 3.8) is 0 Å². The lowest BCUT2D eigenvalue weighted by atomic mass is 10.1. The van der Waals surface area contributed by atoms with Crippen LogP contribution in [-0.2, 0) is 0 Å². The van der Waals surface area contributed by atoms with Crippen LogP contribution in [-0.4, -0.2) is 14.5 Å². The minimum atomic E-state index is -0.509. The molecule has 0 unspecified atom stereocenters. The second-order valence-corrected chi connectivity index (χ2v) is 8.96. The molecule has 8 rings (SSSR count). The molecule has 0 amide bonds. The van der Waals surface area contributed by atoms with Crippen molar-refractivity contribution < 1.29 is 9.60 Å². The standard InChI is InChI=1S/C34H21N3/c1-2-10-23-19-26(18-17-22(23)9-1)33-35-30-15-7-5-14-28(30)34(36-33)37-31-16-8-6-13-27(31)29-20-24-11-3-4-12-25(24)21-32(29)37/h1-21H/i1D,2D,9D,10D,17D,18D,19D. The van der Waals surface area contributed by atoms with Crippen LogP contribution in [0.3, 0.4) is 0 Å². The second-order valence-electron chi connectivity index (χ2n) is 8.96. The Hall–Kier alpha value is -5.02. The van der Waals surface area contributed by atoms with Crippen molar-refractivity contribution in [1.82, 2.24) is 14.5 Å². The van der Waals surface area contributed by atoms with Crippen molar-refractivity contribution in [2.24, 2.45) is 0 Å². The van der Waals surface area contributed by atoms with Crippen LogP contribution in [0.5, 0.6) is 0 Å². The number of para-hydroxylation sites is 2. The highest BCUT2D eigenvalue weighted by atomic mass is 15.1. The molecule has 0 bridgehead atoms. The Morgan fingerprint density at radius 3 is 2.19 bits per heavy atom. The third-order valence-electron chi connectivity index (χ3n) is 6.81. The topological polar surface area (TPSA) is 30.7 Å². The van der Waals surface area contributed by atoms with Crippen molar-refractivity contribution >= 4 is 54.3 Å². The molecule has 0 fully saturated rings. The highest BCUT2D eigenvalue weighted by Crippen LogP contribution is 2.36. The molecule has 0 saturated heterocycles. The van der Waals surface area contributed by atoms with E-state index in [1.54, 1.807) is 0 Å². The Bertz CT molecular complexity index is 2540. The zero-order valence-corrected chi connectivity index (χ0v) is 19.4. The van der Waals surface area contributed by atoms with Crippen LogP contribution in [0.1, 0.15) is 9.60 Å². The number of aromatic nitrogens is 3. The van der Waals surface area contributed by atoms with Crippen LogP contribution >= 0.6 is 0 Å². The Labute approximate surface area is 223 Å². The van der Waals surface area contributed by atoms with Gasteiger partial charge in [-0.2, -0.15) is 0 Å². The minimum absolute atomic E-state index is 0.0308. The summed E-state index contributed by atoms with van der Waals surface area (Å²) in [5, 5.41) is 4.71. The molecule has 2 heterocycles. The minimum Gasteiger partial charge on any atom is -0.293 e. The van der Waals surface area contributed by atoms with E-state index in [0.717, 1.165) is 38.0 Å². The number of hydrogen-bond donors (Lipinski definition) is 0. The summed E-state index contributed by atoms with van der Waals surface area (Å²) in [7, 11) is 0. The van der Waals surface area contributed by atoms with Gasteiger partial charge in [0.2, 0.25) is 0 Å². The Morgan fingerprint density at radius 2 is 1.30 bits per heavy atom. The lowest BCUT2D eigenvalue weighted by Gasteiger charge is -2.13. The molecule has 8 aromatic rings. The molecule has 3 nitrogen and oxygen atoms in total. The molecule has 0 aliphatic heterocycles. The van der Waals surface area contributed by atoms with Gasteiger partial charge in [0.05, 0.1) is 26.1 Å². The SMILES string of the molecule is [2H]c1c([2H])c([2H])c2c([2H])c(-c3nc(-n4c5ccccc5c5cc6ccccc6cc54)c4ccccc4n3)c([2H])c([2H])c2c1[2H]. The zero-order chi connectivity index (χ0) is 30.4. The van der Waals surface area contributed by atoms with Gasteiger partial charge in [-0.3, -0.25) is 4.57 Å². The average molecular weight is 479 g/mol. The van der Waals surface area contributed by atoms with Crippen molar-refractivity contribution in [2.45, 2.75) is 0 Å². The molecular formula is C34H21N3. The van der Waals surface area contributed by atoms with Crippen LogP contribution in [0.25, 0.3) is 71.5 Å². The van der Waals surface area contributed by atoms with Crippen LogP contribution in [0, 0.1) is 0 Å². The predicted octanol–water partition coefficient (Wildman–Crippen LogP) is 8.70. The Morgan fingerprint density at radius 1 is 0.568 bits per heavy atom. The van der Waals surface area contributed by atoms with E-state index in [4.69, 9.17) is 19.6 Å². The average Bonchev–Trinajstić information content (AvgIpc) is 3.36. The first-order valence-corrected chi connectivity index (χ1v) is 12.0. The molecule has 0 radical (unpaired) electrons. The summed E-state index contributed by atoms with van der Waals surface area (Å²) in [6.45, 7) is 0. The maximum atomic E-state index is 9.09. The normalized spacial score (nSPS) is 14.4. The zero-order valence-electron chi connectivity index (χ0n) is 26.4. The number of rotatable bonds is 2. The van der Waals surface area contributed by atoms with Crippen LogP contribution < -0.4 is 0 Å². The summed E-state index contributed by atoms with van der Waals surface area (Å²) < 4.78 is 62.0. The monoisotopic (exact) mass is 478 g/mol. The van der Waals surface area contributed by atoms with Gasteiger partial charge >= 0.3 is 0 Å². The molecule has 6 aromatic carbocycles. The fourth-order valence-corrected chi connectivity index (χ4v) is 5.12. The van der Waals surface area contributed by atoms with Gasteiger partial charge in [0.15, 0.2) is 5.82 Å². The van der Waals surface area contributed by atoms with Crippen molar-refractivity contribution in [3.8, 4) is 17.2 Å². The fraction of sp³-hybridized carbons (Fsp3) is 0. The summed E-state index contributed by atoms with van der Waals surface area (Å²) in [6.07, 6.45) is 0. The van der Waals surface area contributed by atoms with Gasteiger partial charge in [-0.25, -0.2) is 9.97 Å². The highest BCUT2D eigenvalue weighted by molar-refractivity contribution is 6.14. The molecule has 0 aliphatic carbocycles. The van der Waals surface area contributed by atoms with E-state index < -0.39 is 30.2 Å². The summed E-state index contributed by atoms with van der Waals surface area (Å²) in [6, 6.07) is 25.0.